The predicted molar refractivity (Wildman–Crippen MR) is 117 cm³/mol. The lowest BCUT2D eigenvalue weighted by Gasteiger charge is -2.37. The van der Waals surface area contributed by atoms with Gasteiger partial charge in [-0.25, -0.2) is 8.42 Å². The number of hydrogen-bond acceptors (Lipinski definition) is 5. The van der Waals surface area contributed by atoms with Gasteiger partial charge in [-0.3, -0.25) is 14.6 Å². The van der Waals surface area contributed by atoms with Crippen molar-refractivity contribution in [2.75, 3.05) is 44.2 Å². The Balaban J connectivity index is 1.66. The molecule has 3 rings (SSSR count). The summed E-state index contributed by atoms with van der Waals surface area (Å²) in [6.07, 6.45) is 5.96. The fourth-order valence-electron chi connectivity index (χ4n) is 4.41. The zero-order valence-corrected chi connectivity index (χ0v) is 18.4. The molecule has 2 atom stereocenters. The Hall–Kier alpha value is -1.44. The van der Waals surface area contributed by atoms with E-state index in [1.165, 1.54) is 25.7 Å². The van der Waals surface area contributed by atoms with Gasteiger partial charge in [0.05, 0.1) is 11.5 Å². The van der Waals surface area contributed by atoms with E-state index in [4.69, 9.17) is 0 Å². The lowest BCUT2D eigenvalue weighted by atomic mass is 10.0. The van der Waals surface area contributed by atoms with Crippen molar-refractivity contribution in [1.29, 1.82) is 0 Å². The summed E-state index contributed by atoms with van der Waals surface area (Å²) in [5.74, 6) is 0.227. The molecule has 1 amide bonds. The molecule has 2 heterocycles. The monoisotopic (exact) mass is 421 g/mol. The number of nitrogens with one attached hydrogen (secondary N) is 1. The van der Waals surface area contributed by atoms with Gasteiger partial charge in [0.1, 0.15) is 6.04 Å². The maximum atomic E-state index is 13.2. The molecule has 162 valence electrons. The highest BCUT2D eigenvalue weighted by atomic mass is 32.2. The zero-order chi connectivity index (χ0) is 20.7. The first-order chi connectivity index (χ1) is 14.0. The maximum Gasteiger partial charge on any atom is 0.242 e. The molecule has 1 aromatic carbocycles. The molecule has 0 spiro atoms. The molecule has 29 heavy (non-hydrogen) atoms. The normalized spacial score (nSPS) is 24.1. The van der Waals surface area contributed by atoms with Crippen molar-refractivity contribution in [1.82, 2.24) is 15.1 Å². The van der Waals surface area contributed by atoms with Crippen LogP contribution in [0.1, 0.15) is 50.6 Å². The minimum atomic E-state index is -2.98. The van der Waals surface area contributed by atoms with Crippen LogP contribution < -0.4 is 5.32 Å². The highest BCUT2D eigenvalue weighted by Crippen LogP contribution is 2.24. The van der Waals surface area contributed by atoms with E-state index in [1.54, 1.807) is 0 Å². The first kappa shape index (κ1) is 22.2. The average Bonchev–Trinajstić information content (AvgIpc) is 2.73. The van der Waals surface area contributed by atoms with Gasteiger partial charge < -0.3 is 5.32 Å². The fourth-order valence-corrected chi connectivity index (χ4v) is 5.64. The molecule has 2 fully saturated rings. The third-order valence-electron chi connectivity index (χ3n) is 6.17. The summed E-state index contributed by atoms with van der Waals surface area (Å²) >= 11 is 0. The second kappa shape index (κ2) is 10.5. The first-order valence-electron chi connectivity index (χ1n) is 11.0. The van der Waals surface area contributed by atoms with Gasteiger partial charge in [0.25, 0.3) is 0 Å². The fraction of sp³-hybridized carbons (Fsp3) is 0.682. The first-order valence-corrected chi connectivity index (χ1v) is 12.8. The molecule has 1 N–H and O–H groups in total. The molecule has 0 radical (unpaired) electrons. The van der Waals surface area contributed by atoms with Crippen LogP contribution in [-0.4, -0.2) is 74.4 Å². The number of unbranched alkanes of at least 4 members (excludes halogenated alkanes) is 1. The summed E-state index contributed by atoms with van der Waals surface area (Å²) < 4.78 is 23.7. The van der Waals surface area contributed by atoms with Crippen LogP contribution in [0, 0.1) is 0 Å². The number of hydrogen-bond donors (Lipinski definition) is 1. The standard InChI is InChI=1S/C22H35N3O3S/c1-2-3-12-24-13-8-7-11-20(24)18-23-22(26)21(19-9-5-4-6-10-19)25-14-16-29(27,28)17-15-25/h4-6,9-10,20-21H,2-3,7-8,11-18H2,1H3,(H,23,26). The number of sulfone groups is 1. The minimum absolute atomic E-state index is 0.0171. The minimum Gasteiger partial charge on any atom is -0.353 e. The SMILES string of the molecule is CCCCN1CCCCC1CNC(=O)C(c1ccccc1)N1CCS(=O)(=O)CC1. The van der Waals surface area contributed by atoms with E-state index in [0.717, 1.165) is 25.1 Å². The van der Waals surface area contributed by atoms with E-state index in [1.807, 2.05) is 35.2 Å². The van der Waals surface area contributed by atoms with E-state index < -0.39 is 15.9 Å². The summed E-state index contributed by atoms with van der Waals surface area (Å²) in [5.41, 5.74) is 0.927. The van der Waals surface area contributed by atoms with Crippen LogP contribution in [0.3, 0.4) is 0 Å². The molecule has 2 saturated heterocycles. The number of nitrogens with zero attached hydrogens (tertiary/aromatic N) is 2. The van der Waals surface area contributed by atoms with Gasteiger partial charge >= 0.3 is 0 Å². The van der Waals surface area contributed by atoms with Crippen molar-refractivity contribution < 1.29 is 13.2 Å². The largest absolute Gasteiger partial charge is 0.353 e. The molecule has 0 bridgehead atoms. The van der Waals surface area contributed by atoms with Crippen LogP contribution in [0.25, 0.3) is 0 Å². The number of carbonyl (C=O) groups excluding carboxylic acids is 1. The molecule has 2 aliphatic rings. The lowest BCUT2D eigenvalue weighted by molar-refractivity contribution is -0.127. The van der Waals surface area contributed by atoms with E-state index in [2.05, 4.69) is 17.1 Å². The molecule has 1 aromatic rings. The number of piperidine rings is 1. The summed E-state index contributed by atoms with van der Waals surface area (Å²) in [6.45, 7) is 5.90. The van der Waals surface area contributed by atoms with Crippen LogP contribution in [-0.2, 0) is 14.6 Å². The Morgan fingerprint density at radius 3 is 2.55 bits per heavy atom. The molecule has 2 unspecified atom stereocenters. The maximum absolute atomic E-state index is 13.2. The second-order valence-electron chi connectivity index (χ2n) is 8.29. The third kappa shape index (κ3) is 6.27. The molecule has 2 aliphatic heterocycles. The Kier molecular flexibility index (Phi) is 8.09. The van der Waals surface area contributed by atoms with E-state index in [9.17, 15) is 13.2 Å². The number of benzene rings is 1. The number of likely N-dealkylation sites (tertiary alicyclic amines) is 1. The summed E-state index contributed by atoms with van der Waals surface area (Å²) in [4.78, 5) is 17.8. The zero-order valence-electron chi connectivity index (χ0n) is 17.6. The Labute approximate surface area is 175 Å². The van der Waals surface area contributed by atoms with E-state index >= 15 is 0 Å². The molecular formula is C22H35N3O3S. The number of amides is 1. The van der Waals surface area contributed by atoms with Crippen LogP contribution in [0.4, 0.5) is 0 Å². The van der Waals surface area contributed by atoms with Crippen molar-refractivity contribution in [3.63, 3.8) is 0 Å². The average molecular weight is 422 g/mol. The van der Waals surface area contributed by atoms with Gasteiger partial charge in [0.15, 0.2) is 9.84 Å². The molecular weight excluding hydrogens is 386 g/mol. The molecule has 0 aliphatic carbocycles. The van der Waals surface area contributed by atoms with Gasteiger partial charge in [-0.05, 0) is 37.9 Å². The van der Waals surface area contributed by atoms with E-state index in [-0.39, 0.29) is 17.4 Å². The second-order valence-corrected chi connectivity index (χ2v) is 10.6. The van der Waals surface area contributed by atoms with Crippen LogP contribution in [0.2, 0.25) is 0 Å². The Morgan fingerprint density at radius 2 is 1.86 bits per heavy atom. The van der Waals surface area contributed by atoms with Gasteiger partial charge in [-0.1, -0.05) is 50.1 Å². The highest BCUT2D eigenvalue weighted by molar-refractivity contribution is 7.91. The summed E-state index contributed by atoms with van der Waals surface area (Å²) in [7, 11) is -2.98. The molecule has 0 saturated carbocycles. The Morgan fingerprint density at radius 1 is 1.14 bits per heavy atom. The Bertz CT molecular complexity index is 740. The van der Waals surface area contributed by atoms with Crippen molar-refractivity contribution in [3.8, 4) is 0 Å². The third-order valence-corrected chi connectivity index (χ3v) is 7.78. The summed E-state index contributed by atoms with van der Waals surface area (Å²) in [5, 5.41) is 3.20. The predicted octanol–water partition coefficient (Wildman–Crippen LogP) is 2.23. The number of carbonyl (C=O) groups is 1. The lowest BCUT2D eigenvalue weighted by Crippen LogP contribution is -2.51. The van der Waals surface area contributed by atoms with Gasteiger partial charge in [-0.15, -0.1) is 0 Å². The van der Waals surface area contributed by atoms with Crippen LogP contribution in [0.15, 0.2) is 30.3 Å². The van der Waals surface area contributed by atoms with Crippen molar-refractivity contribution in [2.24, 2.45) is 0 Å². The molecule has 6 nitrogen and oxygen atoms in total. The number of rotatable bonds is 8. The van der Waals surface area contributed by atoms with Gasteiger partial charge in [-0.2, -0.15) is 0 Å². The summed E-state index contributed by atoms with van der Waals surface area (Å²) in [6, 6.07) is 9.70. The van der Waals surface area contributed by atoms with Crippen molar-refractivity contribution >= 4 is 15.7 Å². The highest BCUT2D eigenvalue weighted by Gasteiger charge is 2.33. The molecule has 7 heteroatoms. The quantitative estimate of drug-likeness (QED) is 0.697. The van der Waals surface area contributed by atoms with Crippen LogP contribution in [0.5, 0.6) is 0 Å². The topological polar surface area (TPSA) is 69.7 Å². The van der Waals surface area contributed by atoms with Gasteiger partial charge in [0, 0.05) is 25.7 Å². The molecule has 0 aromatic heterocycles. The van der Waals surface area contributed by atoms with Crippen LogP contribution >= 0.6 is 0 Å². The van der Waals surface area contributed by atoms with E-state index in [0.29, 0.717) is 25.7 Å². The van der Waals surface area contributed by atoms with Crippen molar-refractivity contribution in [3.05, 3.63) is 35.9 Å². The smallest absolute Gasteiger partial charge is 0.242 e. The van der Waals surface area contributed by atoms with Gasteiger partial charge in [0.2, 0.25) is 5.91 Å². The van der Waals surface area contributed by atoms with Crippen molar-refractivity contribution in [2.45, 2.75) is 51.1 Å².